The molecule has 1 amide bonds. The molecule has 0 aliphatic carbocycles. The minimum absolute atomic E-state index is 0.00376. The molecule has 0 radical (unpaired) electrons. The second-order valence-electron chi connectivity index (χ2n) is 4.02. The summed E-state index contributed by atoms with van der Waals surface area (Å²) >= 11 is 5.54. The predicted molar refractivity (Wildman–Crippen MR) is 60.0 cm³/mol. The zero-order valence-electron chi connectivity index (χ0n) is 9.32. The Labute approximate surface area is 95.8 Å². The number of hydrogen-bond acceptors (Lipinski definition) is 3. The molecular weight excluding hydrogens is 216 g/mol. The van der Waals surface area contributed by atoms with Gasteiger partial charge in [-0.05, 0) is 20.4 Å². The van der Waals surface area contributed by atoms with Crippen molar-refractivity contribution in [1.82, 2.24) is 9.80 Å². The van der Waals surface area contributed by atoms with E-state index in [4.69, 9.17) is 16.7 Å². The second kappa shape index (κ2) is 5.68. The summed E-state index contributed by atoms with van der Waals surface area (Å²) in [6.07, 6.45) is 0.959. The Morgan fingerprint density at radius 1 is 1.67 bits per heavy atom. The molecule has 0 aromatic rings. The molecule has 1 N–H and O–H groups in total. The van der Waals surface area contributed by atoms with Gasteiger partial charge in [0, 0.05) is 25.2 Å². The molecule has 0 spiro atoms. The topological polar surface area (TPSA) is 43.8 Å². The molecule has 1 fully saturated rings. The predicted octanol–water partition coefficient (Wildman–Crippen LogP) is 0.139. The Balaban J connectivity index is 2.55. The average Bonchev–Trinajstić information content (AvgIpc) is 2.59. The van der Waals surface area contributed by atoms with Gasteiger partial charge in [0.2, 0.25) is 5.91 Å². The standard InChI is InChI=1S/C10H19ClN2O2/c1-8-9(12(2)5-6-14)3-4-13(8)10(15)7-11/h8-9,14H,3-7H2,1-2H3/t8-,9-/m1/s1. The molecule has 0 aromatic heterocycles. The third-order valence-electron chi connectivity index (χ3n) is 3.17. The summed E-state index contributed by atoms with van der Waals surface area (Å²) in [6.45, 7) is 3.62. The lowest BCUT2D eigenvalue weighted by molar-refractivity contribution is -0.129. The van der Waals surface area contributed by atoms with E-state index < -0.39 is 0 Å². The van der Waals surface area contributed by atoms with Gasteiger partial charge in [-0.25, -0.2) is 0 Å². The lowest BCUT2D eigenvalue weighted by Gasteiger charge is -2.30. The zero-order chi connectivity index (χ0) is 11.4. The minimum Gasteiger partial charge on any atom is -0.395 e. The third kappa shape index (κ3) is 2.83. The number of alkyl halides is 1. The highest BCUT2D eigenvalue weighted by Crippen LogP contribution is 2.22. The number of carbonyl (C=O) groups excluding carboxylic acids is 1. The fourth-order valence-corrected chi connectivity index (χ4v) is 2.42. The maximum absolute atomic E-state index is 11.5. The summed E-state index contributed by atoms with van der Waals surface area (Å²) in [5.41, 5.74) is 0. The van der Waals surface area contributed by atoms with Gasteiger partial charge in [-0.15, -0.1) is 11.6 Å². The van der Waals surface area contributed by atoms with Crippen molar-refractivity contribution in [2.45, 2.75) is 25.4 Å². The number of nitrogens with zero attached hydrogens (tertiary/aromatic N) is 2. The van der Waals surface area contributed by atoms with Crippen molar-refractivity contribution >= 4 is 17.5 Å². The van der Waals surface area contributed by atoms with Crippen LogP contribution in [0.2, 0.25) is 0 Å². The molecule has 1 aliphatic rings. The third-order valence-corrected chi connectivity index (χ3v) is 3.40. The van der Waals surface area contributed by atoms with Gasteiger partial charge in [0.15, 0.2) is 0 Å². The SMILES string of the molecule is C[C@@H]1[C@H](N(C)CCO)CCN1C(=O)CCl. The average molecular weight is 235 g/mol. The molecule has 88 valence electrons. The molecular formula is C10H19ClN2O2. The van der Waals surface area contributed by atoms with Crippen LogP contribution in [-0.2, 0) is 4.79 Å². The van der Waals surface area contributed by atoms with Crippen molar-refractivity contribution in [3.63, 3.8) is 0 Å². The molecule has 2 atom stereocenters. The van der Waals surface area contributed by atoms with Crippen molar-refractivity contribution in [3.8, 4) is 0 Å². The van der Waals surface area contributed by atoms with E-state index in [0.717, 1.165) is 13.0 Å². The van der Waals surface area contributed by atoms with Crippen molar-refractivity contribution in [2.75, 3.05) is 32.6 Å². The first-order chi connectivity index (χ1) is 7.11. The van der Waals surface area contributed by atoms with Crippen molar-refractivity contribution in [2.24, 2.45) is 0 Å². The number of carbonyl (C=O) groups is 1. The molecule has 4 nitrogen and oxygen atoms in total. The lowest BCUT2D eigenvalue weighted by Crippen LogP contribution is -2.44. The lowest BCUT2D eigenvalue weighted by atomic mass is 10.1. The Kier molecular flexibility index (Phi) is 4.83. The molecule has 0 aromatic carbocycles. The highest BCUT2D eigenvalue weighted by atomic mass is 35.5. The number of likely N-dealkylation sites (N-methyl/N-ethyl adjacent to an activating group) is 1. The van der Waals surface area contributed by atoms with Crippen LogP contribution < -0.4 is 0 Å². The molecule has 0 saturated carbocycles. The van der Waals surface area contributed by atoms with E-state index in [1.54, 1.807) is 0 Å². The number of aliphatic hydroxyl groups excluding tert-OH is 1. The first kappa shape index (κ1) is 12.7. The quantitative estimate of drug-likeness (QED) is 0.704. The fraction of sp³-hybridized carbons (Fsp3) is 0.900. The van der Waals surface area contributed by atoms with Crippen LogP contribution in [0.5, 0.6) is 0 Å². The molecule has 0 bridgehead atoms. The number of hydrogen-bond donors (Lipinski definition) is 1. The van der Waals surface area contributed by atoms with Gasteiger partial charge >= 0.3 is 0 Å². The van der Waals surface area contributed by atoms with Gasteiger partial charge in [-0.2, -0.15) is 0 Å². The van der Waals surface area contributed by atoms with Crippen LogP contribution in [0.4, 0.5) is 0 Å². The van der Waals surface area contributed by atoms with E-state index in [-0.39, 0.29) is 24.4 Å². The molecule has 15 heavy (non-hydrogen) atoms. The largest absolute Gasteiger partial charge is 0.395 e. The van der Waals surface area contributed by atoms with Crippen LogP contribution in [-0.4, -0.2) is 65.5 Å². The Morgan fingerprint density at radius 3 is 2.87 bits per heavy atom. The summed E-state index contributed by atoms with van der Waals surface area (Å²) in [7, 11) is 1.98. The van der Waals surface area contributed by atoms with E-state index in [2.05, 4.69) is 4.90 Å². The monoisotopic (exact) mass is 234 g/mol. The maximum atomic E-state index is 11.5. The van der Waals surface area contributed by atoms with E-state index in [1.165, 1.54) is 0 Å². The molecule has 1 saturated heterocycles. The van der Waals surface area contributed by atoms with E-state index in [0.29, 0.717) is 12.6 Å². The second-order valence-corrected chi connectivity index (χ2v) is 4.29. The Morgan fingerprint density at radius 2 is 2.33 bits per heavy atom. The zero-order valence-corrected chi connectivity index (χ0v) is 10.1. The first-order valence-electron chi connectivity index (χ1n) is 5.28. The van der Waals surface area contributed by atoms with Gasteiger partial charge in [-0.3, -0.25) is 9.69 Å². The van der Waals surface area contributed by atoms with Crippen molar-refractivity contribution in [3.05, 3.63) is 0 Å². The van der Waals surface area contributed by atoms with Gasteiger partial charge in [0.1, 0.15) is 5.88 Å². The number of rotatable bonds is 4. The van der Waals surface area contributed by atoms with E-state index in [9.17, 15) is 4.79 Å². The number of aliphatic hydroxyl groups is 1. The summed E-state index contributed by atoms with van der Waals surface area (Å²) in [4.78, 5) is 15.4. The maximum Gasteiger partial charge on any atom is 0.237 e. The molecule has 5 heteroatoms. The Hall–Kier alpha value is -0.320. The molecule has 1 heterocycles. The smallest absolute Gasteiger partial charge is 0.237 e. The van der Waals surface area contributed by atoms with Gasteiger partial charge in [0.25, 0.3) is 0 Å². The van der Waals surface area contributed by atoms with Crippen LogP contribution >= 0.6 is 11.6 Å². The van der Waals surface area contributed by atoms with Crippen LogP contribution in [0, 0.1) is 0 Å². The van der Waals surface area contributed by atoms with Crippen molar-refractivity contribution < 1.29 is 9.90 Å². The Bertz CT molecular complexity index is 225. The van der Waals surface area contributed by atoms with Crippen molar-refractivity contribution in [1.29, 1.82) is 0 Å². The number of likely N-dealkylation sites (tertiary alicyclic amines) is 1. The first-order valence-corrected chi connectivity index (χ1v) is 5.81. The van der Waals surface area contributed by atoms with Crippen LogP contribution in [0.1, 0.15) is 13.3 Å². The normalized spacial score (nSPS) is 26.3. The molecule has 0 unspecified atom stereocenters. The van der Waals surface area contributed by atoms with Crippen LogP contribution in [0.25, 0.3) is 0 Å². The van der Waals surface area contributed by atoms with Crippen LogP contribution in [0.3, 0.4) is 0 Å². The highest BCUT2D eigenvalue weighted by Gasteiger charge is 2.35. The van der Waals surface area contributed by atoms with Gasteiger partial charge < -0.3 is 10.0 Å². The van der Waals surface area contributed by atoms with Gasteiger partial charge in [0.05, 0.1) is 6.61 Å². The number of amides is 1. The van der Waals surface area contributed by atoms with Gasteiger partial charge in [-0.1, -0.05) is 0 Å². The van der Waals surface area contributed by atoms with E-state index >= 15 is 0 Å². The highest BCUT2D eigenvalue weighted by molar-refractivity contribution is 6.27. The molecule has 1 rings (SSSR count). The molecule has 1 aliphatic heterocycles. The minimum atomic E-state index is 0.00376. The number of halogens is 1. The summed E-state index contributed by atoms with van der Waals surface area (Å²) < 4.78 is 0. The van der Waals surface area contributed by atoms with Crippen LogP contribution in [0.15, 0.2) is 0 Å². The fourth-order valence-electron chi connectivity index (χ4n) is 2.26. The summed E-state index contributed by atoms with van der Waals surface area (Å²) in [6, 6.07) is 0.525. The van der Waals surface area contributed by atoms with E-state index in [1.807, 2.05) is 18.9 Å². The summed E-state index contributed by atoms with van der Waals surface area (Å²) in [5.74, 6) is 0.0601. The summed E-state index contributed by atoms with van der Waals surface area (Å²) in [5, 5.41) is 8.86.